The fourth-order valence-electron chi connectivity index (χ4n) is 3.11. The third kappa shape index (κ3) is 9.36. The lowest BCUT2D eigenvalue weighted by molar-refractivity contribution is -0.144. The molecule has 0 aromatic rings. The molecule has 0 aromatic carbocycles. The van der Waals surface area contributed by atoms with E-state index >= 15 is 0 Å². The molecule has 0 saturated carbocycles. The number of carboxylic acid groups (broad SMARTS) is 3. The highest BCUT2D eigenvalue weighted by Gasteiger charge is 2.53. The molecule has 0 aromatic heterocycles. The summed E-state index contributed by atoms with van der Waals surface area (Å²) in [5, 5.41) is 45.1. The van der Waals surface area contributed by atoms with Gasteiger partial charge in [-0.1, -0.05) is 6.42 Å². The van der Waals surface area contributed by atoms with Crippen LogP contribution in [0.2, 0.25) is 6.32 Å². The fourth-order valence-corrected chi connectivity index (χ4v) is 4.74. The molecule has 186 valence electrons. The van der Waals surface area contributed by atoms with Gasteiger partial charge in [0.15, 0.2) is 0 Å². The Morgan fingerprint density at radius 3 is 1.97 bits per heavy atom. The molecular formula is C16H33BN4O10S. The van der Waals surface area contributed by atoms with Crippen molar-refractivity contribution in [1.29, 1.82) is 0 Å². The zero-order valence-electron chi connectivity index (χ0n) is 18.3. The maximum absolute atomic E-state index is 12.7. The number of nitrogens with two attached hydrogens (primary N) is 1. The average Bonchev–Trinajstić information content (AvgIpc) is 2.91. The van der Waals surface area contributed by atoms with Crippen LogP contribution in [0.3, 0.4) is 0 Å². The van der Waals surface area contributed by atoms with Crippen LogP contribution in [0.4, 0.5) is 0 Å². The minimum atomic E-state index is -3.79. The van der Waals surface area contributed by atoms with Crippen LogP contribution in [-0.4, -0.2) is 112 Å². The molecule has 2 aliphatic rings. The van der Waals surface area contributed by atoms with Crippen LogP contribution in [-0.2, 0) is 24.6 Å². The molecule has 14 nitrogen and oxygen atoms in total. The normalized spacial score (nSPS) is 23.3. The largest absolute Gasteiger partial charge is 0.481 e. The van der Waals surface area contributed by atoms with E-state index in [1.807, 2.05) is 0 Å². The minimum Gasteiger partial charge on any atom is -0.481 e. The van der Waals surface area contributed by atoms with Gasteiger partial charge in [0.2, 0.25) is 0 Å². The number of nitrogens with zero attached hydrogens (tertiary/aromatic N) is 2. The van der Waals surface area contributed by atoms with E-state index in [9.17, 15) is 18.3 Å². The molecule has 2 fully saturated rings. The van der Waals surface area contributed by atoms with Gasteiger partial charge in [-0.25, -0.2) is 0 Å². The van der Waals surface area contributed by atoms with Gasteiger partial charge < -0.3 is 36.4 Å². The van der Waals surface area contributed by atoms with Crippen LogP contribution < -0.4 is 11.1 Å². The SMILES string of the molecule is CC(=O)O.CC(=O)O.CN(C1CNC1)S(=O)(=O)N1C[C@H](CCCB(O)O)[C@](N)(C(=O)O)C1. The Bertz CT molecular complexity index is 729. The van der Waals surface area contributed by atoms with Crippen LogP contribution in [0.15, 0.2) is 0 Å². The van der Waals surface area contributed by atoms with E-state index < -0.39 is 46.7 Å². The van der Waals surface area contributed by atoms with Crippen LogP contribution in [0.1, 0.15) is 26.7 Å². The number of carboxylic acids is 3. The first-order valence-electron chi connectivity index (χ1n) is 9.77. The van der Waals surface area contributed by atoms with Crippen molar-refractivity contribution in [2.45, 2.75) is 44.6 Å². The molecular weight excluding hydrogens is 451 g/mol. The molecule has 0 amide bonds. The molecule has 2 heterocycles. The smallest absolute Gasteiger partial charge is 0.451 e. The van der Waals surface area contributed by atoms with Crippen molar-refractivity contribution in [1.82, 2.24) is 13.9 Å². The Morgan fingerprint density at radius 2 is 1.62 bits per heavy atom. The Labute approximate surface area is 187 Å². The molecule has 2 atom stereocenters. The zero-order chi connectivity index (χ0) is 25.3. The molecule has 2 saturated heterocycles. The lowest BCUT2D eigenvalue weighted by atomic mass is 9.78. The molecule has 8 N–H and O–H groups in total. The van der Waals surface area contributed by atoms with E-state index in [0.29, 0.717) is 25.9 Å². The summed E-state index contributed by atoms with van der Waals surface area (Å²) < 4.78 is 27.8. The van der Waals surface area contributed by atoms with Crippen molar-refractivity contribution in [3.63, 3.8) is 0 Å². The first-order valence-corrected chi connectivity index (χ1v) is 11.2. The highest BCUT2D eigenvalue weighted by molar-refractivity contribution is 7.86. The second-order valence-corrected chi connectivity index (χ2v) is 9.61. The van der Waals surface area contributed by atoms with E-state index in [0.717, 1.165) is 18.2 Å². The van der Waals surface area contributed by atoms with Crippen LogP contribution in [0, 0.1) is 5.92 Å². The molecule has 0 aliphatic carbocycles. The van der Waals surface area contributed by atoms with Gasteiger partial charge in [-0.3, -0.25) is 14.4 Å². The predicted molar refractivity (Wildman–Crippen MR) is 114 cm³/mol. The summed E-state index contributed by atoms with van der Waals surface area (Å²) in [5.41, 5.74) is 4.34. The van der Waals surface area contributed by atoms with Gasteiger partial charge in [0.1, 0.15) is 5.54 Å². The third-order valence-electron chi connectivity index (χ3n) is 4.97. The summed E-state index contributed by atoms with van der Waals surface area (Å²) in [6, 6.07) is -0.143. The topological polar surface area (TPSA) is 231 Å². The predicted octanol–water partition coefficient (Wildman–Crippen LogP) is -2.72. The maximum atomic E-state index is 12.7. The van der Waals surface area contributed by atoms with Gasteiger partial charge in [-0.05, 0) is 12.7 Å². The van der Waals surface area contributed by atoms with E-state index in [4.69, 9.17) is 35.6 Å². The van der Waals surface area contributed by atoms with Gasteiger partial charge in [-0.2, -0.15) is 17.0 Å². The second kappa shape index (κ2) is 13.0. The number of likely N-dealkylation sites (N-methyl/N-ethyl adjacent to an activating group) is 1. The van der Waals surface area contributed by atoms with Gasteiger partial charge in [0.05, 0.1) is 6.04 Å². The number of nitrogens with one attached hydrogen (secondary N) is 1. The lowest BCUT2D eigenvalue weighted by Crippen LogP contribution is -2.60. The van der Waals surface area contributed by atoms with Crippen LogP contribution >= 0.6 is 0 Å². The Balaban J connectivity index is 0.00000104. The van der Waals surface area contributed by atoms with Gasteiger partial charge in [0.25, 0.3) is 22.1 Å². The van der Waals surface area contributed by atoms with Crippen molar-refractivity contribution in [2.75, 3.05) is 33.2 Å². The summed E-state index contributed by atoms with van der Waals surface area (Å²) in [6.45, 7) is 3.01. The van der Waals surface area contributed by atoms with Crippen molar-refractivity contribution >= 4 is 35.2 Å². The molecule has 32 heavy (non-hydrogen) atoms. The molecule has 16 heteroatoms. The molecule has 0 radical (unpaired) electrons. The molecule has 0 bridgehead atoms. The van der Waals surface area contributed by atoms with Crippen molar-refractivity contribution < 1.29 is 48.2 Å². The number of carbonyl (C=O) groups is 3. The Hall–Kier alpha value is -1.82. The van der Waals surface area contributed by atoms with Crippen molar-refractivity contribution in [2.24, 2.45) is 11.7 Å². The summed E-state index contributed by atoms with van der Waals surface area (Å²) in [6.07, 6.45) is 0.749. The quantitative estimate of drug-likeness (QED) is 0.174. The Morgan fingerprint density at radius 1 is 1.16 bits per heavy atom. The first-order chi connectivity index (χ1) is 14.6. The molecule has 0 unspecified atom stereocenters. The molecule has 0 spiro atoms. The standard InChI is InChI=1S/C12H25BN4O6S.2C2H4O2/c1-16(10-5-15-6-10)24(22,23)17-7-9(3-2-4-13(20)21)12(14,8-17)11(18)19;2*1-2(3)4/h9-10,15,20-21H,2-8,14H2,1H3,(H,18,19);2*1H3,(H,3,4)/t9-,12-;;/m0../s1. The third-order valence-corrected chi connectivity index (χ3v) is 6.92. The van der Waals surface area contributed by atoms with E-state index in [2.05, 4.69) is 5.32 Å². The number of aliphatic carboxylic acids is 3. The van der Waals surface area contributed by atoms with E-state index in [1.165, 1.54) is 11.4 Å². The number of hydrogen-bond donors (Lipinski definition) is 7. The van der Waals surface area contributed by atoms with Gasteiger partial charge >= 0.3 is 13.1 Å². The van der Waals surface area contributed by atoms with Crippen LogP contribution in [0.25, 0.3) is 0 Å². The second-order valence-electron chi connectivity index (χ2n) is 7.62. The minimum absolute atomic E-state index is 0.0111. The van der Waals surface area contributed by atoms with Crippen molar-refractivity contribution in [3.8, 4) is 0 Å². The summed E-state index contributed by atoms with van der Waals surface area (Å²) in [5.74, 6) is -3.50. The average molecular weight is 484 g/mol. The first kappa shape index (κ1) is 30.2. The van der Waals surface area contributed by atoms with Crippen LogP contribution in [0.5, 0.6) is 0 Å². The summed E-state index contributed by atoms with van der Waals surface area (Å²) in [7, 11) is -3.78. The zero-order valence-corrected chi connectivity index (χ0v) is 19.2. The van der Waals surface area contributed by atoms with E-state index in [-0.39, 0.29) is 25.5 Å². The lowest BCUT2D eigenvalue weighted by Gasteiger charge is -2.36. The highest BCUT2D eigenvalue weighted by atomic mass is 32.2. The molecule has 2 rings (SSSR count). The maximum Gasteiger partial charge on any atom is 0.451 e. The highest BCUT2D eigenvalue weighted by Crippen LogP contribution is 2.33. The molecule has 2 aliphatic heterocycles. The monoisotopic (exact) mass is 484 g/mol. The summed E-state index contributed by atoms with van der Waals surface area (Å²) >= 11 is 0. The fraction of sp³-hybridized carbons (Fsp3) is 0.812. The number of rotatable bonds is 8. The van der Waals surface area contributed by atoms with E-state index in [1.54, 1.807) is 0 Å². The summed E-state index contributed by atoms with van der Waals surface area (Å²) in [4.78, 5) is 29.6. The van der Waals surface area contributed by atoms with Crippen molar-refractivity contribution in [3.05, 3.63) is 0 Å². The van der Waals surface area contributed by atoms with Gasteiger partial charge in [-0.15, -0.1) is 0 Å². The number of hydrogen-bond acceptors (Lipinski definition) is 9. The van der Waals surface area contributed by atoms with Gasteiger partial charge in [0, 0.05) is 53.0 Å². The Kier molecular flexibility index (Phi) is 12.3.